The van der Waals surface area contributed by atoms with Crippen molar-refractivity contribution in [2.45, 2.75) is 62.2 Å². The van der Waals surface area contributed by atoms with Crippen molar-refractivity contribution in [2.24, 2.45) is 5.92 Å². The fourth-order valence-electron chi connectivity index (χ4n) is 4.65. The number of hydroxylamine groups is 1. The van der Waals surface area contributed by atoms with E-state index in [1.807, 2.05) is 38.3 Å². The number of thioether (sulfide) groups is 1. The Morgan fingerprint density at radius 3 is 2.29 bits per heavy atom. The molecule has 4 rings (SSSR count). The van der Waals surface area contributed by atoms with Crippen LogP contribution in [0.5, 0.6) is 0 Å². The monoisotopic (exact) mass is 607 g/mol. The second kappa shape index (κ2) is 17.2. The summed E-state index contributed by atoms with van der Waals surface area (Å²) in [6.07, 6.45) is 4.04. The summed E-state index contributed by atoms with van der Waals surface area (Å²) in [5, 5.41) is 0. The number of benzene rings is 2. The summed E-state index contributed by atoms with van der Waals surface area (Å²) in [5.41, 5.74) is 3.81. The van der Waals surface area contributed by atoms with E-state index in [4.69, 9.17) is 14.3 Å². The minimum absolute atomic E-state index is 0.169. The van der Waals surface area contributed by atoms with E-state index >= 15 is 0 Å². The molecule has 2 fully saturated rings. The first-order valence-corrected chi connectivity index (χ1v) is 16.9. The van der Waals surface area contributed by atoms with Gasteiger partial charge in [-0.25, -0.2) is 18.7 Å². The van der Waals surface area contributed by atoms with Crippen LogP contribution < -0.4 is 5.48 Å². The molecule has 1 amide bonds. The van der Waals surface area contributed by atoms with Gasteiger partial charge in [-0.3, -0.25) is 9.69 Å². The topological polar surface area (TPSA) is 97.4 Å². The van der Waals surface area contributed by atoms with Crippen LogP contribution in [0.15, 0.2) is 64.4 Å². The minimum Gasteiger partial charge on any atom is -0.379 e. The third-order valence-corrected chi connectivity index (χ3v) is 9.62. The lowest BCUT2D eigenvalue weighted by atomic mass is 10.0. The molecule has 1 N–H and O–H groups in total. The van der Waals surface area contributed by atoms with Crippen molar-refractivity contribution < 1.29 is 27.5 Å². The average Bonchev–Trinajstić information content (AvgIpc) is 2.99. The van der Waals surface area contributed by atoms with Crippen LogP contribution in [-0.2, 0) is 29.1 Å². The summed E-state index contributed by atoms with van der Waals surface area (Å²) in [6.45, 7) is 9.74. The largest absolute Gasteiger partial charge is 0.379 e. The molecule has 41 heavy (non-hydrogen) atoms. The summed E-state index contributed by atoms with van der Waals surface area (Å²) in [6, 6.07) is 16.1. The van der Waals surface area contributed by atoms with Gasteiger partial charge in [-0.05, 0) is 56.2 Å². The Hall–Kier alpha value is -1.99. The standard InChI is InChI=1S/C23H37N3O6S2.C7H8/c1-18(2)22(23(27)24-32-21-6-4-5-15-31-21)26(12-11-25-13-16-30-17-14-25)34(28,29)20-9-7-19(33-3)8-10-20;1-7-5-3-2-4-6-7/h7-10,18,21-22H,4-6,11-17H2,1-3H3,(H,24,27);2-6H,1H3/t21?,22-;/m1./s1. The van der Waals surface area contributed by atoms with Crippen LogP contribution in [0, 0.1) is 12.8 Å². The molecule has 0 aromatic heterocycles. The highest BCUT2D eigenvalue weighted by Crippen LogP contribution is 2.25. The van der Waals surface area contributed by atoms with E-state index in [0.717, 1.165) is 30.8 Å². The highest BCUT2D eigenvalue weighted by atomic mass is 32.2. The maximum Gasteiger partial charge on any atom is 0.262 e. The van der Waals surface area contributed by atoms with Crippen molar-refractivity contribution in [2.75, 3.05) is 52.3 Å². The molecule has 11 heteroatoms. The first-order chi connectivity index (χ1) is 19.7. The first kappa shape index (κ1) is 33.5. The van der Waals surface area contributed by atoms with Gasteiger partial charge in [0.2, 0.25) is 10.0 Å². The highest BCUT2D eigenvalue weighted by Gasteiger charge is 2.38. The smallest absolute Gasteiger partial charge is 0.262 e. The number of aryl methyl sites for hydroxylation is 1. The van der Waals surface area contributed by atoms with E-state index < -0.39 is 28.3 Å². The zero-order chi connectivity index (χ0) is 29.7. The van der Waals surface area contributed by atoms with E-state index in [0.29, 0.717) is 32.8 Å². The molecule has 0 radical (unpaired) electrons. The number of hydrogen-bond acceptors (Lipinski definition) is 8. The van der Waals surface area contributed by atoms with E-state index in [9.17, 15) is 13.2 Å². The first-order valence-electron chi connectivity index (χ1n) is 14.3. The lowest BCUT2D eigenvalue weighted by Gasteiger charge is -2.35. The summed E-state index contributed by atoms with van der Waals surface area (Å²) in [5.74, 6) is -0.767. The molecule has 0 spiro atoms. The van der Waals surface area contributed by atoms with Crippen molar-refractivity contribution in [3.05, 3.63) is 60.2 Å². The van der Waals surface area contributed by atoms with Gasteiger partial charge in [0, 0.05) is 44.1 Å². The van der Waals surface area contributed by atoms with E-state index in [2.05, 4.69) is 29.4 Å². The second-order valence-corrected chi connectivity index (χ2v) is 13.2. The third kappa shape index (κ3) is 10.7. The molecule has 2 saturated heterocycles. The van der Waals surface area contributed by atoms with Crippen LogP contribution >= 0.6 is 11.8 Å². The lowest BCUT2D eigenvalue weighted by Crippen LogP contribution is -2.55. The fraction of sp³-hybridized carbons (Fsp3) is 0.567. The van der Waals surface area contributed by atoms with Gasteiger partial charge in [0.1, 0.15) is 6.04 Å². The van der Waals surface area contributed by atoms with E-state index in [-0.39, 0.29) is 17.4 Å². The van der Waals surface area contributed by atoms with Crippen molar-refractivity contribution in [3.63, 3.8) is 0 Å². The average molecular weight is 608 g/mol. The normalized spacial score (nSPS) is 18.9. The van der Waals surface area contributed by atoms with Crippen LogP contribution in [0.1, 0.15) is 38.7 Å². The van der Waals surface area contributed by atoms with Gasteiger partial charge < -0.3 is 9.47 Å². The second-order valence-electron chi connectivity index (χ2n) is 10.5. The Balaban J connectivity index is 0.000000575. The molecule has 2 aromatic carbocycles. The number of rotatable bonds is 11. The summed E-state index contributed by atoms with van der Waals surface area (Å²) in [7, 11) is -3.94. The SMILES string of the molecule is CSc1ccc(S(=O)(=O)N(CCN2CCOCC2)[C@@H](C(=O)NOC2CCCCO2)C(C)C)cc1.Cc1ccccc1. The Labute approximate surface area is 249 Å². The fourth-order valence-corrected chi connectivity index (χ4v) is 6.76. The summed E-state index contributed by atoms with van der Waals surface area (Å²) >= 11 is 1.54. The van der Waals surface area contributed by atoms with E-state index in [1.165, 1.54) is 9.87 Å². The van der Waals surface area contributed by atoms with Gasteiger partial charge in [0.05, 0.1) is 18.1 Å². The Bertz CT molecular complexity index is 1140. The zero-order valence-electron chi connectivity index (χ0n) is 24.7. The number of nitrogens with one attached hydrogen (secondary N) is 1. The number of nitrogens with zero attached hydrogens (tertiary/aromatic N) is 2. The molecule has 9 nitrogen and oxygen atoms in total. The number of amides is 1. The molecule has 2 atom stereocenters. The van der Waals surface area contributed by atoms with Gasteiger partial charge in [0.25, 0.3) is 5.91 Å². The number of sulfonamides is 1. The highest BCUT2D eigenvalue weighted by molar-refractivity contribution is 7.98. The molecule has 2 aliphatic rings. The number of hydrogen-bond donors (Lipinski definition) is 1. The molecule has 0 bridgehead atoms. The number of carbonyl (C=O) groups excluding carboxylic acids is 1. The predicted octanol–water partition coefficient (Wildman–Crippen LogP) is 4.33. The number of carbonyl (C=O) groups is 1. The van der Waals surface area contributed by atoms with Crippen LogP contribution in [0.2, 0.25) is 0 Å². The summed E-state index contributed by atoms with van der Waals surface area (Å²) in [4.78, 5) is 22.1. The van der Waals surface area contributed by atoms with Crippen molar-refractivity contribution in [3.8, 4) is 0 Å². The lowest BCUT2D eigenvalue weighted by molar-refractivity contribution is -0.202. The van der Waals surface area contributed by atoms with Gasteiger partial charge >= 0.3 is 0 Å². The molecular formula is C30H45N3O6S2. The van der Waals surface area contributed by atoms with Crippen molar-refractivity contribution in [1.82, 2.24) is 14.7 Å². The molecular weight excluding hydrogens is 562 g/mol. The van der Waals surface area contributed by atoms with Crippen LogP contribution in [0.3, 0.4) is 0 Å². The van der Waals surface area contributed by atoms with Gasteiger partial charge in [-0.2, -0.15) is 4.31 Å². The molecule has 2 heterocycles. The molecule has 2 aromatic rings. The predicted molar refractivity (Wildman–Crippen MR) is 162 cm³/mol. The van der Waals surface area contributed by atoms with E-state index in [1.54, 1.807) is 36.0 Å². The number of ether oxygens (including phenoxy) is 2. The van der Waals surface area contributed by atoms with Gasteiger partial charge in [0.15, 0.2) is 6.29 Å². The van der Waals surface area contributed by atoms with Crippen LogP contribution in [0.4, 0.5) is 0 Å². The molecule has 2 aliphatic heterocycles. The molecule has 1 unspecified atom stereocenters. The summed E-state index contributed by atoms with van der Waals surface area (Å²) < 4.78 is 39.8. The Kier molecular flexibility index (Phi) is 14.1. The third-order valence-electron chi connectivity index (χ3n) is 6.99. The van der Waals surface area contributed by atoms with Crippen LogP contribution in [0.25, 0.3) is 0 Å². The number of morpholine rings is 1. The van der Waals surface area contributed by atoms with Gasteiger partial charge in [-0.15, -0.1) is 11.8 Å². The van der Waals surface area contributed by atoms with Gasteiger partial charge in [-0.1, -0.05) is 49.7 Å². The Morgan fingerprint density at radius 1 is 1.07 bits per heavy atom. The maximum absolute atomic E-state index is 13.8. The zero-order valence-corrected chi connectivity index (χ0v) is 26.3. The quantitative estimate of drug-likeness (QED) is 0.298. The molecule has 0 saturated carbocycles. The molecule has 228 valence electrons. The molecule has 0 aliphatic carbocycles. The minimum atomic E-state index is -3.94. The maximum atomic E-state index is 13.8. The van der Waals surface area contributed by atoms with Crippen LogP contribution in [-0.4, -0.2) is 88.1 Å². The van der Waals surface area contributed by atoms with Crippen molar-refractivity contribution >= 4 is 27.7 Å². The Morgan fingerprint density at radius 2 is 1.76 bits per heavy atom. The van der Waals surface area contributed by atoms with Crippen molar-refractivity contribution in [1.29, 1.82) is 0 Å².